The maximum absolute atomic E-state index is 9.76. The molecular weight excluding hydrogens is 727 g/mol. The van der Waals surface area contributed by atoms with Crippen molar-refractivity contribution in [1.29, 1.82) is 0 Å². The average molecular weight is 772 g/mol. The molecule has 12 rings (SSSR count). The van der Waals surface area contributed by atoms with Gasteiger partial charge in [-0.2, -0.15) is 0 Å². The van der Waals surface area contributed by atoms with Crippen LogP contribution in [0.4, 0.5) is 17.1 Å². The highest BCUT2D eigenvalue weighted by Crippen LogP contribution is 2.44. The first-order valence-electron chi connectivity index (χ1n) is 23.9. The summed E-state index contributed by atoms with van der Waals surface area (Å²) in [4.78, 5) is 1.36. The summed E-state index contributed by atoms with van der Waals surface area (Å²) in [7, 11) is 0. The minimum Gasteiger partial charge on any atom is -0.456 e. The van der Waals surface area contributed by atoms with Gasteiger partial charge in [0.05, 0.1) is 22.0 Å². The molecule has 1 heterocycles. The highest BCUT2D eigenvalue weighted by Gasteiger charge is 2.20. The molecule has 0 N–H and O–H groups in total. The number of furan rings is 1. The molecule has 0 aliphatic heterocycles. The summed E-state index contributed by atoms with van der Waals surface area (Å²) in [5.74, 6) is 0. The number of anilines is 3. The molecule has 0 spiro atoms. The lowest BCUT2D eigenvalue weighted by Crippen LogP contribution is -2.10. The van der Waals surface area contributed by atoms with Gasteiger partial charge in [0.25, 0.3) is 0 Å². The fraction of sp³-hybridized carbons (Fsp3) is 0. The molecule has 2 nitrogen and oxygen atoms in total. The third kappa shape index (κ3) is 5.57. The largest absolute Gasteiger partial charge is 0.456 e. The second-order valence-electron chi connectivity index (χ2n) is 15.0. The van der Waals surface area contributed by atoms with E-state index in [2.05, 4.69) is 36.4 Å². The molecule has 0 amide bonds. The number of fused-ring (bicyclic) bond motifs is 9. The highest BCUT2D eigenvalue weighted by atomic mass is 16.3. The molecule has 2 heteroatoms. The first kappa shape index (κ1) is 26.9. The Morgan fingerprint density at radius 1 is 0.317 bits per heavy atom. The van der Waals surface area contributed by atoms with Gasteiger partial charge in [0.15, 0.2) is 0 Å². The maximum Gasteiger partial charge on any atom is 0.137 e. The van der Waals surface area contributed by atoms with Crippen molar-refractivity contribution in [1.82, 2.24) is 0 Å². The Kier molecular flexibility index (Phi) is 6.21. The van der Waals surface area contributed by atoms with E-state index in [0.717, 1.165) is 54.2 Å². The van der Waals surface area contributed by atoms with Crippen LogP contribution in [0.2, 0.25) is 0 Å². The van der Waals surface area contributed by atoms with E-state index in [0.29, 0.717) is 38.8 Å². The molecule has 280 valence electrons. The van der Waals surface area contributed by atoms with Gasteiger partial charge in [-0.05, 0) is 119 Å². The Bertz CT molecular complexity index is 4030. The Hall–Kier alpha value is -7.94. The predicted octanol–water partition coefficient (Wildman–Crippen LogP) is 16.7. The van der Waals surface area contributed by atoms with Gasteiger partial charge >= 0.3 is 0 Å². The van der Waals surface area contributed by atoms with Crippen molar-refractivity contribution in [2.75, 3.05) is 4.90 Å². The molecule has 60 heavy (non-hydrogen) atoms. The van der Waals surface area contributed by atoms with Gasteiger partial charge in [0.1, 0.15) is 11.2 Å². The van der Waals surface area contributed by atoms with Crippen molar-refractivity contribution in [2.24, 2.45) is 0 Å². The fourth-order valence-corrected chi connectivity index (χ4v) is 8.78. The Labute approximate surface area is 359 Å². The van der Waals surface area contributed by atoms with E-state index in [-0.39, 0.29) is 46.7 Å². The Morgan fingerprint density at radius 2 is 0.800 bits per heavy atom. The van der Waals surface area contributed by atoms with Crippen LogP contribution in [0.3, 0.4) is 0 Å². The van der Waals surface area contributed by atoms with Crippen LogP contribution in [-0.4, -0.2) is 0 Å². The van der Waals surface area contributed by atoms with Gasteiger partial charge < -0.3 is 9.32 Å². The smallest absolute Gasteiger partial charge is 0.137 e. The van der Waals surface area contributed by atoms with Crippen molar-refractivity contribution >= 4 is 82.1 Å². The molecule has 0 saturated carbocycles. The van der Waals surface area contributed by atoms with Crippen LogP contribution >= 0.6 is 0 Å². The predicted molar refractivity (Wildman–Crippen MR) is 255 cm³/mol. The van der Waals surface area contributed by atoms with E-state index in [1.165, 1.54) is 4.90 Å². The summed E-state index contributed by atoms with van der Waals surface area (Å²) in [6, 6.07) is 53.4. The molecule has 0 aliphatic rings. The van der Waals surface area contributed by atoms with Crippen LogP contribution in [0, 0.1) is 0 Å². The van der Waals surface area contributed by atoms with E-state index < -0.39 is 24.2 Å². The van der Waals surface area contributed by atoms with E-state index in [4.69, 9.17) is 4.42 Å². The van der Waals surface area contributed by atoms with Gasteiger partial charge in [0.2, 0.25) is 0 Å². The lowest BCUT2D eigenvalue weighted by Gasteiger charge is -2.26. The molecule has 0 fully saturated rings. The summed E-state index contributed by atoms with van der Waals surface area (Å²) in [6.45, 7) is 0. The highest BCUT2D eigenvalue weighted by molar-refractivity contribution is 6.15. The molecule has 0 atom stereocenters. The zero-order valence-electron chi connectivity index (χ0n) is 40.1. The SMILES string of the molecule is [2H]c1c([2H])c(N(c2c([2H])c([2H])c(-c3cccc4c3ccc3ccccc34)c([2H])c2[2H])c2cccc3oc4ccccc4c23)c([2H])c([2H])c1-c1ccc(-c2cccc3c2ccc2ccccc23)cc1. The van der Waals surface area contributed by atoms with Crippen LogP contribution < -0.4 is 4.90 Å². The summed E-state index contributed by atoms with van der Waals surface area (Å²) < 4.78 is 83.6. The third-order valence-electron chi connectivity index (χ3n) is 11.6. The number of rotatable bonds is 6. The lowest BCUT2D eigenvalue weighted by molar-refractivity contribution is 0.669. The number of hydrogen-bond donors (Lipinski definition) is 0. The van der Waals surface area contributed by atoms with Gasteiger partial charge in [0, 0.05) is 16.8 Å². The minimum absolute atomic E-state index is 0.0875. The van der Waals surface area contributed by atoms with E-state index >= 15 is 0 Å². The molecule has 0 bridgehead atoms. The Morgan fingerprint density at radius 3 is 1.43 bits per heavy atom. The van der Waals surface area contributed by atoms with E-state index in [1.54, 1.807) is 24.3 Å². The van der Waals surface area contributed by atoms with Gasteiger partial charge in [-0.1, -0.05) is 182 Å². The standard InChI is InChI=1S/C58H37NO/c1-3-12-46-40(10-1)30-36-52-48(15-7-17-50(46)52)42-24-22-38(23-25-42)39-26-32-44(33-27-39)59(55-19-9-21-57-58(55)54-14-5-6-20-56(54)60-57)45-34-28-43(29-35-45)49-16-8-18-51-47-13-4-2-11-41(47)31-37-53(49)51/h1-37H/i26D,27D,28D,29D,32D,33D,34D,35D. The molecule has 11 aromatic carbocycles. The van der Waals surface area contributed by atoms with Crippen LogP contribution in [-0.2, 0) is 0 Å². The monoisotopic (exact) mass is 771 g/mol. The first-order chi connectivity index (χ1) is 33.1. The normalized spacial score (nSPS) is 13.5. The second kappa shape index (κ2) is 13.9. The van der Waals surface area contributed by atoms with Crippen molar-refractivity contribution in [3.8, 4) is 33.4 Å². The van der Waals surface area contributed by atoms with Crippen LogP contribution in [0.1, 0.15) is 11.0 Å². The molecule has 0 aliphatic carbocycles. The van der Waals surface area contributed by atoms with Crippen LogP contribution in [0.5, 0.6) is 0 Å². The zero-order chi connectivity index (χ0) is 46.5. The van der Waals surface area contributed by atoms with Crippen LogP contribution in [0.25, 0.3) is 98.4 Å². The molecule has 0 saturated heterocycles. The number of hydrogen-bond acceptors (Lipinski definition) is 2. The molecule has 0 radical (unpaired) electrons. The van der Waals surface area contributed by atoms with Gasteiger partial charge in [-0.15, -0.1) is 0 Å². The van der Waals surface area contributed by atoms with E-state index in [1.807, 2.05) is 115 Å². The average Bonchev–Trinajstić information content (AvgIpc) is 3.76. The van der Waals surface area contributed by atoms with Gasteiger partial charge in [-0.25, -0.2) is 0 Å². The summed E-state index contributed by atoms with van der Waals surface area (Å²) >= 11 is 0. The topological polar surface area (TPSA) is 16.4 Å². The fourth-order valence-electron chi connectivity index (χ4n) is 8.78. The Balaban J connectivity index is 1.06. The zero-order valence-corrected chi connectivity index (χ0v) is 32.1. The van der Waals surface area contributed by atoms with Crippen molar-refractivity contribution < 1.29 is 15.4 Å². The number of para-hydroxylation sites is 1. The minimum atomic E-state index is -0.419. The van der Waals surface area contributed by atoms with E-state index in [9.17, 15) is 11.0 Å². The van der Waals surface area contributed by atoms with Crippen molar-refractivity contribution in [3.63, 3.8) is 0 Å². The maximum atomic E-state index is 9.76. The number of benzene rings is 11. The third-order valence-corrected chi connectivity index (χ3v) is 11.6. The first-order valence-corrected chi connectivity index (χ1v) is 19.9. The molecule has 1 aromatic heterocycles. The van der Waals surface area contributed by atoms with Crippen molar-refractivity contribution in [2.45, 2.75) is 0 Å². The quantitative estimate of drug-likeness (QED) is 0.157. The van der Waals surface area contributed by atoms with Gasteiger partial charge in [-0.3, -0.25) is 0 Å². The number of nitrogens with zero attached hydrogens (tertiary/aromatic N) is 1. The lowest BCUT2D eigenvalue weighted by atomic mass is 9.93. The molecule has 12 aromatic rings. The second-order valence-corrected chi connectivity index (χ2v) is 15.0. The molecule has 0 unspecified atom stereocenters. The summed E-state index contributed by atoms with van der Waals surface area (Å²) in [5, 5.41) is 9.44. The summed E-state index contributed by atoms with van der Waals surface area (Å²) in [5.41, 5.74) is 4.00. The van der Waals surface area contributed by atoms with Crippen LogP contribution in [0.15, 0.2) is 229 Å². The summed E-state index contributed by atoms with van der Waals surface area (Å²) in [6.07, 6.45) is 0. The van der Waals surface area contributed by atoms with Crippen molar-refractivity contribution in [3.05, 3.63) is 224 Å². The molecular formula is C58H37NO.